The number of carbonyl (C=O) groups is 1. The standard InChI is InChI=1S/C13H20N4O3S/c1-16-13(18)9-4-6-17(7-5-9)10-2-3-12(11(14)8-10)21(15,19)20/h2-3,8-9H,4-7,14H2,1H3,(H,16,18)(H2,15,19,20). The number of nitrogens with two attached hydrogens (primary N) is 2. The smallest absolute Gasteiger partial charge is 0.240 e. The van der Waals surface area contributed by atoms with Gasteiger partial charge in [0.05, 0.1) is 5.69 Å². The Kier molecular flexibility index (Phi) is 4.38. The van der Waals surface area contributed by atoms with Gasteiger partial charge in [0.2, 0.25) is 15.9 Å². The van der Waals surface area contributed by atoms with Crippen molar-refractivity contribution in [3.8, 4) is 0 Å². The minimum atomic E-state index is -3.80. The normalized spacial score (nSPS) is 16.8. The zero-order valence-electron chi connectivity index (χ0n) is 11.9. The minimum absolute atomic E-state index is 0.0345. The summed E-state index contributed by atoms with van der Waals surface area (Å²) in [4.78, 5) is 13.6. The highest BCUT2D eigenvalue weighted by molar-refractivity contribution is 7.89. The molecule has 21 heavy (non-hydrogen) atoms. The Labute approximate surface area is 124 Å². The fraction of sp³-hybridized carbons (Fsp3) is 0.462. The van der Waals surface area contributed by atoms with Crippen molar-refractivity contribution < 1.29 is 13.2 Å². The molecule has 8 heteroatoms. The highest BCUT2D eigenvalue weighted by atomic mass is 32.2. The molecule has 0 atom stereocenters. The van der Waals surface area contributed by atoms with Crippen LogP contribution in [-0.4, -0.2) is 34.5 Å². The maximum Gasteiger partial charge on any atom is 0.240 e. The molecule has 0 unspecified atom stereocenters. The molecule has 1 aromatic carbocycles. The number of benzene rings is 1. The lowest BCUT2D eigenvalue weighted by Gasteiger charge is -2.33. The maximum atomic E-state index is 11.6. The zero-order valence-corrected chi connectivity index (χ0v) is 12.7. The van der Waals surface area contributed by atoms with Crippen molar-refractivity contribution in [1.82, 2.24) is 5.32 Å². The molecule has 1 aliphatic rings. The van der Waals surface area contributed by atoms with E-state index in [1.54, 1.807) is 19.2 Å². The average molecular weight is 312 g/mol. The summed E-state index contributed by atoms with van der Waals surface area (Å²) in [5.41, 5.74) is 6.75. The van der Waals surface area contributed by atoms with Crippen LogP contribution in [0.1, 0.15) is 12.8 Å². The molecule has 1 amide bonds. The van der Waals surface area contributed by atoms with Gasteiger partial charge in [-0.25, -0.2) is 13.6 Å². The first kappa shape index (κ1) is 15.6. The largest absolute Gasteiger partial charge is 0.398 e. The van der Waals surface area contributed by atoms with E-state index < -0.39 is 10.0 Å². The summed E-state index contributed by atoms with van der Waals surface area (Å²) < 4.78 is 22.7. The molecule has 0 saturated carbocycles. The fourth-order valence-electron chi connectivity index (χ4n) is 2.60. The van der Waals surface area contributed by atoms with Crippen molar-refractivity contribution in [2.75, 3.05) is 30.8 Å². The number of nitrogens with zero attached hydrogens (tertiary/aromatic N) is 1. The topological polar surface area (TPSA) is 119 Å². The summed E-state index contributed by atoms with van der Waals surface area (Å²) in [5.74, 6) is 0.103. The number of amides is 1. The number of hydrogen-bond acceptors (Lipinski definition) is 5. The van der Waals surface area contributed by atoms with E-state index in [1.807, 2.05) is 0 Å². The first-order chi connectivity index (χ1) is 9.82. The summed E-state index contributed by atoms with van der Waals surface area (Å²) in [5, 5.41) is 7.75. The van der Waals surface area contributed by atoms with Gasteiger partial charge in [-0.15, -0.1) is 0 Å². The number of rotatable bonds is 3. The second-order valence-electron chi connectivity index (χ2n) is 5.14. The first-order valence-corrected chi connectivity index (χ1v) is 8.26. The van der Waals surface area contributed by atoms with E-state index >= 15 is 0 Å². The predicted octanol–water partition coefficient (Wildman–Crippen LogP) is -0.121. The zero-order chi connectivity index (χ0) is 15.6. The summed E-state index contributed by atoms with van der Waals surface area (Å²) in [6, 6.07) is 4.72. The van der Waals surface area contributed by atoms with Gasteiger partial charge in [-0.1, -0.05) is 0 Å². The van der Waals surface area contributed by atoms with E-state index in [4.69, 9.17) is 10.9 Å². The molecular weight excluding hydrogens is 292 g/mol. The molecular formula is C13H20N4O3S. The third-order valence-electron chi connectivity index (χ3n) is 3.78. The van der Waals surface area contributed by atoms with Crippen LogP contribution in [0.4, 0.5) is 11.4 Å². The molecule has 116 valence electrons. The Balaban J connectivity index is 2.11. The molecule has 1 aromatic rings. The molecule has 1 heterocycles. The van der Waals surface area contributed by atoms with Gasteiger partial charge in [-0.2, -0.15) is 0 Å². The van der Waals surface area contributed by atoms with E-state index in [2.05, 4.69) is 10.2 Å². The van der Waals surface area contributed by atoms with Crippen LogP contribution in [-0.2, 0) is 14.8 Å². The number of hydrogen-bond donors (Lipinski definition) is 3. The van der Waals surface area contributed by atoms with Crippen molar-refractivity contribution in [3.05, 3.63) is 18.2 Å². The van der Waals surface area contributed by atoms with Gasteiger partial charge >= 0.3 is 0 Å². The van der Waals surface area contributed by atoms with E-state index in [0.717, 1.165) is 31.6 Å². The molecule has 2 rings (SSSR count). The fourth-order valence-corrected chi connectivity index (χ4v) is 3.24. The summed E-state index contributed by atoms with van der Waals surface area (Å²) in [6.07, 6.45) is 1.52. The molecule has 1 fully saturated rings. The number of primary sulfonamides is 1. The maximum absolute atomic E-state index is 11.6. The Bertz CT molecular complexity index is 637. The number of piperidine rings is 1. The number of nitrogens with one attached hydrogen (secondary N) is 1. The van der Waals surface area contributed by atoms with Gasteiger partial charge in [0.25, 0.3) is 0 Å². The number of nitrogen functional groups attached to an aromatic ring is 1. The lowest BCUT2D eigenvalue weighted by Crippen LogP contribution is -2.39. The highest BCUT2D eigenvalue weighted by Crippen LogP contribution is 2.27. The van der Waals surface area contributed by atoms with Crippen molar-refractivity contribution in [3.63, 3.8) is 0 Å². The van der Waals surface area contributed by atoms with Gasteiger partial charge in [-0.3, -0.25) is 4.79 Å². The van der Waals surface area contributed by atoms with Crippen molar-refractivity contribution in [2.45, 2.75) is 17.7 Å². The second kappa shape index (κ2) is 5.90. The van der Waals surface area contributed by atoms with Crippen molar-refractivity contribution in [1.29, 1.82) is 0 Å². The van der Waals surface area contributed by atoms with Crippen molar-refractivity contribution >= 4 is 27.3 Å². The Morgan fingerprint density at radius 3 is 2.43 bits per heavy atom. The van der Waals surface area contributed by atoms with E-state index in [9.17, 15) is 13.2 Å². The monoisotopic (exact) mass is 312 g/mol. The van der Waals surface area contributed by atoms with Crippen LogP contribution in [0.25, 0.3) is 0 Å². The van der Waals surface area contributed by atoms with Crippen LogP contribution in [0.15, 0.2) is 23.1 Å². The van der Waals surface area contributed by atoms with E-state index in [1.165, 1.54) is 6.07 Å². The first-order valence-electron chi connectivity index (χ1n) is 6.72. The number of carbonyl (C=O) groups excluding carboxylic acids is 1. The van der Waals surface area contributed by atoms with Crippen molar-refractivity contribution in [2.24, 2.45) is 11.1 Å². The van der Waals surface area contributed by atoms with E-state index in [-0.39, 0.29) is 22.4 Å². The highest BCUT2D eigenvalue weighted by Gasteiger charge is 2.24. The molecule has 0 aromatic heterocycles. The van der Waals surface area contributed by atoms with Crippen LogP contribution < -0.4 is 21.1 Å². The molecule has 7 nitrogen and oxygen atoms in total. The molecule has 0 aliphatic carbocycles. The molecule has 0 spiro atoms. The Hall–Kier alpha value is -1.80. The molecule has 1 saturated heterocycles. The third kappa shape index (κ3) is 3.45. The molecule has 1 aliphatic heterocycles. The lowest BCUT2D eigenvalue weighted by atomic mass is 9.95. The van der Waals surface area contributed by atoms with Crippen LogP contribution in [0, 0.1) is 5.92 Å². The molecule has 5 N–H and O–H groups in total. The van der Waals surface area contributed by atoms with Crippen LogP contribution >= 0.6 is 0 Å². The van der Waals surface area contributed by atoms with Gasteiger partial charge in [0, 0.05) is 31.7 Å². The van der Waals surface area contributed by atoms with Gasteiger partial charge in [0.15, 0.2) is 0 Å². The quantitative estimate of drug-likeness (QED) is 0.672. The minimum Gasteiger partial charge on any atom is -0.398 e. The SMILES string of the molecule is CNC(=O)C1CCN(c2ccc(S(N)(=O)=O)c(N)c2)CC1. The molecule has 0 bridgehead atoms. The average Bonchev–Trinajstić information content (AvgIpc) is 2.45. The number of sulfonamides is 1. The Morgan fingerprint density at radius 2 is 1.95 bits per heavy atom. The van der Waals surface area contributed by atoms with Crippen LogP contribution in [0.2, 0.25) is 0 Å². The van der Waals surface area contributed by atoms with Gasteiger partial charge in [-0.05, 0) is 31.0 Å². The summed E-state index contributed by atoms with van der Waals surface area (Å²) in [6.45, 7) is 1.46. The third-order valence-corrected chi connectivity index (χ3v) is 4.76. The lowest BCUT2D eigenvalue weighted by molar-refractivity contribution is -0.125. The predicted molar refractivity (Wildman–Crippen MR) is 81.2 cm³/mol. The summed E-state index contributed by atoms with van der Waals surface area (Å²) in [7, 11) is -2.16. The number of anilines is 2. The van der Waals surface area contributed by atoms with Crippen LogP contribution in [0.5, 0.6) is 0 Å². The Morgan fingerprint density at radius 1 is 1.33 bits per heavy atom. The van der Waals surface area contributed by atoms with Gasteiger partial charge in [0.1, 0.15) is 4.90 Å². The molecule has 0 radical (unpaired) electrons. The summed E-state index contributed by atoms with van der Waals surface area (Å²) >= 11 is 0. The van der Waals surface area contributed by atoms with E-state index in [0.29, 0.717) is 0 Å². The van der Waals surface area contributed by atoms with Crippen LogP contribution in [0.3, 0.4) is 0 Å². The van der Waals surface area contributed by atoms with Gasteiger partial charge < -0.3 is 16.0 Å². The second-order valence-corrected chi connectivity index (χ2v) is 6.67.